The molecule has 0 aliphatic carbocycles. The van der Waals surface area contributed by atoms with Gasteiger partial charge in [-0.2, -0.15) is 10.1 Å². The molecule has 1 atom stereocenters. The van der Waals surface area contributed by atoms with Crippen LogP contribution in [0.4, 0.5) is 11.8 Å². The van der Waals surface area contributed by atoms with Crippen molar-refractivity contribution in [3.63, 3.8) is 0 Å². The third-order valence-electron chi connectivity index (χ3n) is 8.73. The summed E-state index contributed by atoms with van der Waals surface area (Å²) in [6, 6.07) is 12.4. The maximum Gasteiger partial charge on any atom is 0.332 e. The zero-order valence-electron chi connectivity index (χ0n) is 25.9. The summed E-state index contributed by atoms with van der Waals surface area (Å²) in [7, 11) is 1.69. The number of nitrogens with zero attached hydrogens (tertiary/aromatic N) is 9. The molecule has 2 aliphatic heterocycles. The van der Waals surface area contributed by atoms with Crippen LogP contribution in [0.5, 0.6) is 0 Å². The van der Waals surface area contributed by atoms with E-state index in [9.17, 15) is 9.59 Å². The first-order valence-corrected chi connectivity index (χ1v) is 15.5. The highest BCUT2D eigenvalue weighted by molar-refractivity contribution is 5.75. The van der Waals surface area contributed by atoms with E-state index in [-0.39, 0.29) is 17.3 Å². The average molecular weight is 599 g/mol. The van der Waals surface area contributed by atoms with Crippen molar-refractivity contribution >= 4 is 22.9 Å². The molecule has 0 radical (unpaired) electrons. The third-order valence-corrected chi connectivity index (χ3v) is 8.73. The smallest absolute Gasteiger partial charge is 0.332 e. The molecule has 0 amide bonds. The van der Waals surface area contributed by atoms with Gasteiger partial charge in [0, 0.05) is 65.0 Å². The molecule has 0 saturated carbocycles. The summed E-state index contributed by atoms with van der Waals surface area (Å²) in [5.41, 5.74) is 8.47. The number of piperidine rings is 1. The largest absolute Gasteiger partial charge is 0.354 e. The summed E-state index contributed by atoms with van der Waals surface area (Å²) in [4.78, 5) is 38.9. The predicted molar refractivity (Wildman–Crippen MR) is 174 cm³/mol. The van der Waals surface area contributed by atoms with Gasteiger partial charge in [-0.05, 0) is 51.8 Å². The number of fused-ring (bicyclic) bond motifs is 1. The van der Waals surface area contributed by atoms with Crippen LogP contribution in [-0.4, -0.2) is 85.2 Å². The Bertz CT molecular complexity index is 1800. The summed E-state index contributed by atoms with van der Waals surface area (Å²) in [5.74, 6) is 7.79. The van der Waals surface area contributed by atoms with Gasteiger partial charge in [-0.1, -0.05) is 24.1 Å². The van der Waals surface area contributed by atoms with E-state index in [0.29, 0.717) is 43.2 Å². The molecule has 232 valence electrons. The Morgan fingerprint density at radius 2 is 1.77 bits per heavy atom. The van der Waals surface area contributed by atoms with Crippen LogP contribution in [0.15, 0.2) is 46.0 Å². The summed E-state index contributed by atoms with van der Waals surface area (Å²) in [5, 5.41) is 4.73. The van der Waals surface area contributed by atoms with Gasteiger partial charge in [0.1, 0.15) is 5.82 Å². The Balaban J connectivity index is 1.16. The topological polar surface area (TPSA) is 115 Å². The molecule has 5 heterocycles. The number of aryl methyl sites for hydroxylation is 2. The highest BCUT2D eigenvalue weighted by Crippen LogP contribution is 2.24. The lowest BCUT2D eigenvalue weighted by atomic mass is 10.1. The molecule has 2 aliphatic rings. The SMILES string of the molecule is CC#CCn1c(N2CCC[C@@H](N)C2)nc2c1c(=O)n(CCCN1CCN(c3cc(C)nn3-c3ccccc3)CC1)c(=O)n2C. The van der Waals surface area contributed by atoms with Gasteiger partial charge < -0.3 is 15.5 Å². The van der Waals surface area contributed by atoms with Gasteiger partial charge in [-0.25, -0.2) is 9.48 Å². The van der Waals surface area contributed by atoms with E-state index in [1.54, 1.807) is 14.0 Å². The van der Waals surface area contributed by atoms with Crippen LogP contribution in [-0.2, 0) is 20.1 Å². The standard InChI is InChI=1S/C32H42N10O2/c1-4-5-16-40-28-29(34-31(40)39-15-9-11-25(33)23-39)36(3)32(44)41(30(28)43)17-10-14-37-18-20-38(21-19-37)27-22-24(2)35-42(27)26-12-7-6-8-13-26/h6-8,12-13,22,25H,9-11,14-21,23,33H2,1-3H3/t25-/m1/s1. The lowest BCUT2D eigenvalue weighted by Gasteiger charge is -2.36. The molecule has 0 unspecified atom stereocenters. The van der Waals surface area contributed by atoms with Gasteiger partial charge in [-0.3, -0.25) is 23.4 Å². The van der Waals surface area contributed by atoms with E-state index < -0.39 is 0 Å². The first-order valence-electron chi connectivity index (χ1n) is 15.5. The fourth-order valence-corrected chi connectivity index (χ4v) is 6.42. The van der Waals surface area contributed by atoms with Crippen molar-refractivity contribution in [1.29, 1.82) is 0 Å². The molecule has 4 aromatic rings. The van der Waals surface area contributed by atoms with Gasteiger partial charge in [-0.15, -0.1) is 5.92 Å². The minimum Gasteiger partial charge on any atom is -0.354 e. The normalized spacial score (nSPS) is 17.7. The second-order valence-corrected chi connectivity index (χ2v) is 11.8. The van der Waals surface area contributed by atoms with E-state index in [4.69, 9.17) is 15.8 Å². The molecule has 2 N–H and O–H groups in total. The number of aromatic nitrogens is 6. The maximum absolute atomic E-state index is 13.8. The van der Waals surface area contributed by atoms with Gasteiger partial charge in [0.2, 0.25) is 5.95 Å². The van der Waals surface area contributed by atoms with Crippen molar-refractivity contribution in [3.05, 3.63) is 62.9 Å². The van der Waals surface area contributed by atoms with E-state index in [1.165, 1.54) is 9.13 Å². The first kappa shape index (κ1) is 29.7. The number of nitrogens with two attached hydrogens (primary N) is 1. The van der Waals surface area contributed by atoms with Crippen LogP contribution < -0.4 is 26.8 Å². The van der Waals surface area contributed by atoms with Crippen molar-refractivity contribution in [2.75, 3.05) is 55.6 Å². The Labute approximate surface area is 257 Å². The number of anilines is 2. The zero-order chi connectivity index (χ0) is 30.8. The highest BCUT2D eigenvalue weighted by Gasteiger charge is 2.26. The zero-order valence-corrected chi connectivity index (χ0v) is 25.9. The quantitative estimate of drug-likeness (QED) is 0.304. The molecule has 0 bridgehead atoms. The van der Waals surface area contributed by atoms with Crippen LogP contribution in [0.25, 0.3) is 16.9 Å². The molecule has 6 rings (SSSR count). The molecular weight excluding hydrogens is 556 g/mol. The van der Waals surface area contributed by atoms with E-state index >= 15 is 0 Å². The number of para-hydroxylation sites is 1. The third kappa shape index (κ3) is 5.77. The Kier molecular flexibility index (Phi) is 8.59. The summed E-state index contributed by atoms with van der Waals surface area (Å²) < 4.78 is 6.74. The van der Waals surface area contributed by atoms with E-state index in [1.807, 2.05) is 34.4 Å². The Morgan fingerprint density at radius 1 is 1.00 bits per heavy atom. The lowest BCUT2D eigenvalue weighted by Crippen LogP contribution is -2.47. The van der Waals surface area contributed by atoms with Crippen molar-refractivity contribution in [2.45, 2.75) is 52.2 Å². The van der Waals surface area contributed by atoms with Gasteiger partial charge in [0.15, 0.2) is 11.2 Å². The molecule has 12 nitrogen and oxygen atoms in total. The number of piperazine rings is 1. The summed E-state index contributed by atoms with van der Waals surface area (Å²) in [6.07, 6.45) is 2.61. The Morgan fingerprint density at radius 3 is 2.50 bits per heavy atom. The van der Waals surface area contributed by atoms with Crippen molar-refractivity contribution < 1.29 is 0 Å². The molecule has 44 heavy (non-hydrogen) atoms. The fraction of sp³-hybridized carbons (Fsp3) is 0.500. The fourth-order valence-electron chi connectivity index (χ4n) is 6.42. The van der Waals surface area contributed by atoms with Crippen LogP contribution in [0.1, 0.15) is 31.9 Å². The summed E-state index contributed by atoms with van der Waals surface area (Å²) in [6.45, 7) is 10.3. The summed E-state index contributed by atoms with van der Waals surface area (Å²) >= 11 is 0. The molecule has 3 aromatic heterocycles. The number of hydrogen-bond acceptors (Lipinski definition) is 8. The van der Waals surface area contributed by atoms with Gasteiger partial charge in [0.05, 0.1) is 17.9 Å². The number of benzene rings is 1. The molecule has 2 saturated heterocycles. The van der Waals surface area contributed by atoms with Crippen LogP contribution in [0.2, 0.25) is 0 Å². The number of hydrogen-bond donors (Lipinski definition) is 1. The average Bonchev–Trinajstić information content (AvgIpc) is 3.62. The second-order valence-electron chi connectivity index (χ2n) is 11.8. The van der Waals surface area contributed by atoms with Gasteiger partial charge in [0.25, 0.3) is 5.56 Å². The predicted octanol–water partition coefficient (Wildman–Crippen LogP) is 1.55. The minimum absolute atomic E-state index is 0.0479. The maximum atomic E-state index is 13.8. The monoisotopic (exact) mass is 598 g/mol. The van der Waals surface area contributed by atoms with Gasteiger partial charge >= 0.3 is 5.69 Å². The Hall–Kier alpha value is -4.34. The molecule has 0 spiro atoms. The van der Waals surface area contributed by atoms with Crippen LogP contribution in [0.3, 0.4) is 0 Å². The first-order chi connectivity index (χ1) is 21.4. The van der Waals surface area contributed by atoms with Crippen LogP contribution in [0, 0.1) is 18.8 Å². The van der Waals surface area contributed by atoms with Crippen molar-refractivity contribution in [3.8, 4) is 17.5 Å². The molecule has 12 heteroatoms. The van der Waals surface area contributed by atoms with Crippen molar-refractivity contribution in [2.24, 2.45) is 12.8 Å². The number of rotatable bonds is 8. The van der Waals surface area contributed by atoms with Crippen LogP contribution >= 0.6 is 0 Å². The molecule has 2 fully saturated rings. The second kappa shape index (κ2) is 12.7. The molecular formula is C32H42N10O2. The van der Waals surface area contributed by atoms with Crippen molar-refractivity contribution in [1.82, 2.24) is 33.4 Å². The number of imidazole rings is 1. The highest BCUT2D eigenvalue weighted by atomic mass is 16.2. The lowest BCUT2D eigenvalue weighted by molar-refractivity contribution is 0.248. The van der Waals surface area contributed by atoms with E-state index in [2.05, 4.69) is 44.7 Å². The molecule has 1 aromatic carbocycles. The minimum atomic E-state index is -0.343. The van der Waals surface area contributed by atoms with E-state index in [0.717, 1.165) is 69.3 Å².